The number of carbonyl (C=O) groups excluding carboxylic acids is 1. The molecule has 0 fully saturated rings. The number of ether oxygens (including phenoxy) is 1. The van der Waals surface area contributed by atoms with Crippen LogP contribution >= 0.6 is 0 Å². The number of nitrogens with two attached hydrogens (primary N) is 1. The van der Waals surface area contributed by atoms with Crippen molar-refractivity contribution in [1.29, 1.82) is 0 Å². The van der Waals surface area contributed by atoms with Gasteiger partial charge in [0.05, 0.1) is 5.56 Å². The van der Waals surface area contributed by atoms with E-state index in [2.05, 4.69) is 20.0 Å². The molecule has 3 rings (SSSR count). The molecule has 2 heterocycles. The number of rotatable bonds is 5. The van der Waals surface area contributed by atoms with Gasteiger partial charge in [0.2, 0.25) is 5.88 Å². The summed E-state index contributed by atoms with van der Waals surface area (Å²) in [5, 5.41) is 0. The Labute approximate surface area is 138 Å². The summed E-state index contributed by atoms with van der Waals surface area (Å²) >= 11 is 0. The van der Waals surface area contributed by atoms with Gasteiger partial charge in [0.25, 0.3) is 0 Å². The Morgan fingerprint density at radius 2 is 2.08 bits per heavy atom. The Kier molecular flexibility index (Phi) is 4.15. The molecule has 7 nitrogen and oxygen atoms in total. The van der Waals surface area contributed by atoms with Crippen molar-refractivity contribution >= 4 is 24.0 Å². The van der Waals surface area contributed by atoms with E-state index in [1.807, 2.05) is 6.92 Å². The Balaban J connectivity index is 2.04. The van der Waals surface area contributed by atoms with Gasteiger partial charge in [-0.1, -0.05) is 6.07 Å². The number of aldehydes is 1. The van der Waals surface area contributed by atoms with Gasteiger partial charge >= 0.3 is 0 Å². The van der Waals surface area contributed by atoms with Crippen LogP contribution in [0, 0.1) is 6.92 Å². The van der Waals surface area contributed by atoms with Crippen molar-refractivity contribution in [2.45, 2.75) is 6.92 Å². The molecule has 0 saturated heterocycles. The Morgan fingerprint density at radius 1 is 1.29 bits per heavy atom. The van der Waals surface area contributed by atoms with Crippen LogP contribution in [0.25, 0.3) is 0 Å². The van der Waals surface area contributed by atoms with E-state index in [0.29, 0.717) is 28.4 Å². The van der Waals surface area contributed by atoms with Gasteiger partial charge in [-0.05, 0) is 30.7 Å². The molecule has 0 atom stereocenters. The van der Waals surface area contributed by atoms with Crippen LogP contribution in [0.15, 0.2) is 40.5 Å². The molecule has 0 radical (unpaired) electrons. The molecule has 2 aromatic rings. The number of allylic oxidation sites excluding steroid dienone is 1. The minimum absolute atomic E-state index is 0.242. The van der Waals surface area contributed by atoms with Gasteiger partial charge in [0.15, 0.2) is 5.82 Å². The smallest absolute Gasteiger partial charge is 0.233 e. The molecule has 7 heteroatoms. The number of benzene rings is 1. The van der Waals surface area contributed by atoms with Crippen molar-refractivity contribution in [1.82, 2.24) is 9.97 Å². The largest absolute Gasteiger partial charge is 0.438 e. The maximum Gasteiger partial charge on any atom is 0.233 e. The maximum absolute atomic E-state index is 11.1. The summed E-state index contributed by atoms with van der Waals surface area (Å²) in [6.07, 6.45) is 5.74. The summed E-state index contributed by atoms with van der Waals surface area (Å²) in [5.41, 5.74) is 8.51. The van der Waals surface area contributed by atoms with Gasteiger partial charge < -0.3 is 10.5 Å². The highest BCUT2D eigenvalue weighted by atomic mass is 16.5. The quantitative estimate of drug-likeness (QED) is 0.672. The first-order valence-corrected chi connectivity index (χ1v) is 7.20. The molecule has 1 aromatic heterocycles. The van der Waals surface area contributed by atoms with Crippen molar-refractivity contribution in [3.05, 3.63) is 53.0 Å². The first kappa shape index (κ1) is 15.5. The van der Waals surface area contributed by atoms with Crippen LogP contribution in [0.5, 0.6) is 11.6 Å². The summed E-state index contributed by atoms with van der Waals surface area (Å²) in [6, 6.07) is 5.21. The van der Waals surface area contributed by atoms with Crippen LogP contribution < -0.4 is 10.5 Å². The standard InChI is InChI=1S/C17H15N5O2/c1-10-3-4-12(7-11(10)9-23)24-17-13(8-19-2)15(18)21-16(22-17)14-5-6-20-14/h3-9H,1-2H3,(H2,18,21,22). The van der Waals surface area contributed by atoms with E-state index in [-0.39, 0.29) is 11.7 Å². The monoisotopic (exact) mass is 321 g/mol. The fraction of sp³-hybridized carbons (Fsp3) is 0.118. The molecule has 2 N–H and O–H groups in total. The van der Waals surface area contributed by atoms with E-state index in [1.54, 1.807) is 37.5 Å². The second-order valence-corrected chi connectivity index (χ2v) is 5.11. The molecule has 0 unspecified atom stereocenters. The molecule has 0 spiro atoms. The van der Waals surface area contributed by atoms with Gasteiger partial charge in [-0.3, -0.25) is 14.8 Å². The maximum atomic E-state index is 11.1. The molecule has 1 aromatic carbocycles. The number of aliphatic imine (C=N–C) groups is 2. The average molecular weight is 321 g/mol. The van der Waals surface area contributed by atoms with Crippen molar-refractivity contribution in [3.8, 4) is 11.6 Å². The van der Waals surface area contributed by atoms with Crippen molar-refractivity contribution in [2.75, 3.05) is 12.8 Å². The first-order valence-electron chi connectivity index (χ1n) is 7.20. The Hall–Kier alpha value is -3.35. The molecule has 120 valence electrons. The van der Waals surface area contributed by atoms with E-state index in [9.17, 15) is 4.79 Å². The van der Waals surface area contributed by atoms with Crippen LogP contribution in [0.4, 0.5) is 5.82 Å². The summed E-state index contributed by atoms with van der Waals surface area (Å²) in [4.78, 5) is 27.7. The summed E-state index contributed by atoms with van der Waals surface area (Å²) in [7, 11) is 1.62. The minimum atomic E-state index is 0.242. The van der Waals surface area contributed by atoms with Gasteiger partial charge in [-0.2, -0.15) is 4.98 Å². The number of nitrogens with zero attached hydrogens (tertiary/aromatic N) is 4. The van der Waals surface area contributed by atoms with E-state index in [0.717, 1.165) is 11.8 Å². The van der Waals surface area contributed by atoms with Crippen LogP contribution in [0.2, 0.25) is 0 Å². The first-order chi connectivity index (χ1) is 11.6. The van der Waals surface area contributed by atoms with E-state index in [4.69, 9.17) is 10.5 Å². The van der Waals surface area contributed by atoms with Crippen LogP contribution in [-0.2, 0) is 0 Å². The number of hydrogen-bond donors (Lipinski definition) is 1. The average Bonchev–Trinajstić information content (AvgIpc) is 2.51. The van der Waals surface area contributed by atoms with Crippen molar-refractivity contribution in [3.63, 3.8) is 0 Å². The van der Waals surface area contributed by atoms with Gasteiger partial charge in [-0.25, -0.2) is 4.98 Å². The fourth-order valence-electron chi connectivity index (χ4n) is 2.11. The van der Waals surface area contributed by atoms with E-state index in [1.165, 1.54) is 6.21 Å². The number of nitrogen functional groups attached to an aromatic ring is 1. The summed E-state index contributed by atoms with van der Waals surface area (Å²) in [6.45, 7) is 1.85. The third-order valence-corrected chi connectivity index (χ3v) is 3.47. The topological polar surface area (TPSA) is 103 Å². The summed E-state index contributed by atoms with van der Waals surface area (Å²) in [5.74, 6) is 1.35. The molecule has 1 aliphatic rings. The molecular formula is C17H15N5O2. The second kappa shape index (κ2) is 6.41. The third-order valence-electron chi connectivity index (χ3n) is 3.47. The van der Waals surface area contributed by atoms with Crippen LogP contribution in [-0.4, -0.2) is 35.2 Å². The number of carbonyl (C=O) groups is 1. The number of hydrogen-bond acceptors (Lipinski definition) is 7. The van der Waals surface area contributed by atoms with E-state index < -0.39 is 0 Å². The fourth-order valence-corrected chi connectivity index (χ4v) is 2.11. The molecule has 0 aliphatic carbocycles. The third kappa shape index (κ3) is 2.91. The van der Waals surface area contributed by atoms with Crippen LogP contribution in [0.3, 0.4) is 0 Å². The lowest BCUT2D eigenvalue weighted by Crippen LogP contribution is -2.13. The normalized spacial score (nSPS) is 12.8. The molecule has 0 bridgehead atoms. The lowest BCUT2D eigenvalue weighted by atomic mass is 10.1. The highest BCUT2D eigenvalue weighted by molar-refractivity contribution is 6.10. The highest BCUT2D eigenvalue weighted by Crippen LogP contribution is 2.27. The zero-order chi connectivity index (χ0) is 17.1. The molecule has 0 saturated carbocycles. The zero-order valence-corrected chi connectivity index (χ0v) is 13.2. The summed E-state index contributed by atoms with van der Waals surface area (Å²) < 4.78 is 5.84. The number of aryl methyl sites for hydroxylation is 1. The van der Waals surface area contributed by atoms with E-state index >= 15 is 0 Å². The molecule has 24 heavy (non-hydrogen) atoms. The van der Waals surface area contributed by atoms with Gasteiger partial charge in [-0.15, -0.1) is 0 Å². The van der Waals surface area contributed by atoms with Gasteiger partial charge in [0, 0.05) is 25.0 Å². The number of aromatic nitrogens is 2. The predicted molar refractivity (Wildman–Crippen MR) is 92.3 cm³/mol. The zero-order valence-electron chi connectivity index (χ0n) is 13.2. The molecular weight excluding hydrogens is 306 g/mol. The number of anilines is 1. The SMILES string of the molecule is CN=Cc1c(N)nc(C2=NC=C2)nc1Oc1ccc(C)c(C=O)c1. The second-order valence-electron chi connectivity index (χ2n) is 5.11. The minimum Gasteiger partial charge on any atom is -0.438 e. The Morgan fingerprint density at radius 3 is 2.71 bits per heavy atom. The molecule has 1 aliphatic heterocycles. The lowest BCUT2D eigenvalue weighted by Gasteiger charge is -2.13. The van der Waals surface area contributed by atoms with Gasteiger partial charge in [0.1, 0.15) is 23.6 Å². The molecule has 0 amide bonds. The van der Waals surface area contributed by atoms with Crippen LogP contribution in [0.1, 0.15) is 27.3 Å². The highest BCUT2D eigenvalue weighted by Gasteiger charge is 2.17. The predicted octanol–water partition coefficient (Wildman–Crippen LogP) is 2.34. The lowest BCUT2D eigenvalue weighted by molar-refractivity contribution is 0.112. The Bertz CT molecular complexity index is 900. The van der Waals surface area contributed by atoms with Crippen molar-refractivity contribution in [2.24, 2.45) is 9.98 Å². The van der Waals surface area contributed by atoms with Crippen molar-refractivity contribution < 1.29 is 9.53 Å².